The average Bonchev–Trinajstić information content (AvgIpc) is 2.76. The molecule has 29 heavy (non-hydrogen) atoms. The Kier molecular flexibility index (Phi) is 5.18. The van der Waals surface area contributed by atoms with Crippen LogP contribution in [0.1, 0.15) is 35.5 Å². The summed E-state index contributed by atoms with van der Waals surface area (Å²) < 4.78 is 12.6. The number of rotatable bonds is 4. The number of benzene rings is 2. The standard InChI is InChI=1S/C24H24N2O3/c1-23(2)28-17-21(26-22(27)20-15-9-10-16-25-20)24(29-23,18-11-5-3-6-12-18)19-13-7-4-8-14-19/h3-16,21H,17H2,1-2H3,(H,26,27)/t21-/m0/s1. The zero-order chi connectivity index (χ0) is 20.3. The number of aromatic nitrogens is 1. The molecule has 2 heterocycles. The second-order valence-corrected chi connectivity index (χ2v) is 7.52. The smallest absolute Gasteiger partial charge is 0.270 e. The fourth-order valence-corrected chi connectivity index (χ4v) is 3.82. The molecule has 0 spiro atoms. The Bertz CT molecular complexity index is 920. The van der Waals surface area contributed by atoms with E-state index in [1.165, 1.54) is 0 Å². The van der Waals surface area contributed by atoms with Crippen LogP contribution < -0.4 is 5.32 Å². The lowest BCUT2D eigenvalue weighted by Crippen LogP contribution is -2.62. The van der Waals surface area contributed by atoms with E-state index in [2.05, 4.69) is 10.3 Å². The van der Waals surface area contributed by atoms with Crippen molar-refractivity contribution in [2.75, 3.05) is 6.61 Å². The van der Waals surface area contributed by atoms with Crippen molar-refractivity contribution in [2.24, 2.45) is 0 Å². The first kappa shape index (κ1) is 19.3. The molecule has 1 N–H and O–H groups in total. The van der Waals surface area contributed by atoms with Crippen molar-refractivity contribution in [2.45, 2.75) is 31.3 Å². The quantitative estimate of drug-likeness (QED) is 0.736. The summed E-state index contributed by atoms with van der Waals surface area (Å²) >= 11 is 0. The average molecular weight is 388 g/mol. The monoisotopic (exact) mass is 388 g/mol. The number of amides is 1. The predicted octanol–water partition coefficient (Wildman–Crippen LogP) is 3.91. The molecular formula is C24H24N2O3. The van der Waals surface area contributed by atoms with Crippen molar-refractivity contribution < 1.29 is 14.3 Å². The third-order valence-electron chi connectivity index (χ3n) is 5.10. The minimum Gasteiger partial charge on any atom is -0.348 e. The van der Waals surface area contributed by atoms with Gasteiger partial charge in [-0.2, -0.15) is 0 Å². The van der Waals surface area contributed by atoms with E-state index in [-0.39, 0.29) is 5.91 Å². The van der Waals surface area contributed by atoms with Crippen LogP contribution in [0, 0.1) is 0 Å². The zero-order valence-electron chi connectivity index (χ0n) is 16.5. The molecule has 0 radical (unpaired) electrons. The Morgan fingerprint density at radius 3 is 2.07 bits per heavy atom. The summed E-state index contributed by atoms with van der Waals surface area (Å²) in [6.45, 7) is 4.09. The predicted molar refractivity (Wildman–Crippen MR) is 110 cm³/mol. The van der Waals surface area contributed by atoms with Gasteiger partial charge in [-0.1, -0.05) is 66.7 Å². The van der Waals surface area contributed by atoms with Gasteiger partial charge in [0.25, 0.3) is 5.91 Å². The van der Waals surface area contributed by atoms with Crippen LogP contribution in [0.2, 0.25) is 0 Å². The molecule has 2 aromatic carbocycles. The van der Waals surface area contributed by atoms with Gasteiger partial charge in [-0.25, -0.2) is 0 Å². The molecule has 1 atom stereocenters. The van der Waals surface area contributed by atoms with Gasteiger partial charge < -0.3 is 14.8 Å². The summed E-state index contributed by atoms with van der Waals surface area (Å²) in [5.41, 5.74) is 1.35. The van der Waals surface area contributed by atoms with Crippen molar-refractivity contribution in [3.05, 3.63) is 102 Å². The lowest BCUT2D eigenvalue weighted by atomic mass is 9.78. The molecule has 0 unspecified atom stereocenters. The van der Waals surface area contributed by atoms with E-state index in [1.807, 2.05) is 74.5 Å². The van der Waals surface area contributed by atoms with Crippen LogP contribution >= 0.6 is 0 Å². The normalized spacial score (nSPS) is 20.0. The maximum atomic E-state index is 12.9. The number of nitrogens with zero attached hydrogens (tertiary/aromatic N) is 1. The SMILES string of the molecule is CC1(C)OC[C@H](NC(=O)c2ccccn2)C(c2ccccc2)(c2ccccc2)O1. The lowest BCUT2D eigenvalue weighted by molar-refractivity contribution is -0.312. The van der Waals surface area contributed by atoms with Crippen molar-refractivity contribution in [3.8, 4) is 0 Å². The van der Waals surface area contributed by atoms with Crippen molar-refractivity contribution in [1.29, 1.82) is 0 Å². The summed E-state index contributed by atoms with van der Waals surface area (Å²) in [6, 6.07) is 24.7. The molecule has 1 aromatic heterocycles. The molecule has 1 fully saturated rings. The van der Waals surface area contributed by atoms with Crippen LogP contribution in [-0.2, 0) is 15.1 Å². The minimum absolute atomic E-state index is 0.265. The number of carbonyl (C=O) groups excluding carboxylic acids is 1. The van der Waals surface area contributed by atoms with Crippen LogP contribution in [0.4, 0.5) is 0 Å². The Morgan fingerprint density at radius 1 is 0.931 bits per heavy atom. The van der Waals surface area contributed by atoms with Gasteiger partial charge in [-0.15, -0.1) is 0 Å². The Morgan fingerprint density at radius 2 is 1.52 bits per heavy atom. The highest BCUT2D eigenvalue weighted by Crippen LogP contribution is 2.44. The Balaban J connectivity index is 1.82. The topological polar surface area (TPSA) is 60.5 Å². The first-order valence-electron chi connectivity index (χ1n) is 9.68. The fourth-order valence-electron chi connectivity index (χ4n) is 3.82. The van der Waals surface area contributed by atoms with Crippen LogP contribution in [0.15, 0.2) is 85.1 Å². The van der Waals surface area contributed by atoms with Gasteiger partial charge in [0, 0.05) is 6.20 Å². The molecule has 4 rings (SSSR count). The Hall–Kier alpha value is -3.02. The van der Waals surface area contributed by atoms with Gasteiger partial charge in [0.1, 0.15) is 11.3 Å². The number of hydrogen-bond acceptors (Lipinski definition) is 4. The van der Waals surface area contributed by atoms with Gasteiger partial charge >= 0.3 is 0 Å². The van der Waals surface area contributed by atoms with Crippen molar-refractivity contribution in [1.82, 2.24) is 10.3 Å². The molecule has 5 heteroatoms. The molecule has 0 bridgehead atoms. The summed E-state index contributed by atoms with van der Waals surface area (Å²) in [5.74, 6) is -1.09. The van der Waals surface area contributed by atoms with Crippen LogP contribution in [0.25, 0.3) is 0 Å². The van der Waals surface area contributed by atoms with Crippen LogP contribution in [0.3, 0.4) is 0 Å². The van der Waals surface area contributed by atoms with E-state index in [0.29, 0.717) is 12.3 Å². The van der Waals surface area contributed by atoms with Crippen molar-refractivity contribution in [3.63, 3.8) is 0 Å². The highest BCUT2D eigenvalue weighted by Gasteiger charge is 2.52. The van der Waals surface area contributed by atoms with Crippen LogP contribution in [-0.4, -0.2) is 29.3 Å². The molecule has 1 saturated heterocycles. The number of pyridine rings is 1. The fraction of sp³-hybridized carbons (Fsp3) is 0.250. The lowest BCUT2D eigenvalue weighted by Gasteiger charge is -2.50. The van der Waals surface area contributed by atoms with E-state index in [4.69, 9.17) is 9.47 Å². The summed E-state index contributed by atoms with van der Waals surface area (Å²) in [6.07, 6.45) is 1.60. The minimum atomic E-state index is -0.908. The number of ether oxygens (including phenoxy) is 2. The second kappa shape index (κ2) is 7.78. The summed E-state index contributed by atoms with van der Waals surface area (Å²) in [4.78, 5) is 17.1. The third-order valence-corrected chi connectivity index (χ3v) is 5.10. The highest BCUT2D eigenvalue weighted by molar-refractivity contribution is 5.92. The molecule has 148 valence electrons. The summed E-state index contributed by atoms with van der Waals surface area (Å²) in [5, 5.41) is 3.11. The maximum absolute atomic E-state index is 12.9. The third kappa shape index (κ3) is 3.79. The van der Waals surface area contributed by atoms with Gasteiger partial charge in [0.2, 0.25) is 0 Å². The molecule has 0 saturated carbocycles. The van der Waals surface area contributed by atoms with E-state index in [1.54, 1.807) is 24.4 Å². The molecule has 1 aliphatic rings. The van der Waals surface area contributed by atoms with Gasteiger partial charge in [0.15, 0.2) is 5.79 Å². The second-order valence-electron chi connectivity index (χ2n) is 7.52. The number of hydrogen-bond donors (Lipinski definition) is 1. The van der Waals surface area contributed by atoms with Gasteiger partial charge in [-0.05, 0) is 37.1 Å². The largest absolute Gasteiger partial charge is 0.348 e. The van der Waals surface area contributed by atoms with Crippen LogP contribution in [0.5, 0.6) is 0 Å². The van der Waals surface area contributed by atoms with E-state index >= 15 is 0 Å². The molecular weight excluding hydrogens is 364 g/mol. The molecule has 1 amide bonds. The van der Waals surface area contributed by atoms with Gasteiger partial charge in [-0.3, -0.25) is 9.78 Å². The summed E-state index contributed by atoms with van der Waals surface area (Å²) in [7, 11) is 0. The first-order valence-corrected chi connectivity index (χ1v) is 9.68. The highest BCUT2D eigenvalue weighted by atomic mass is 16.7. The molecule has 5 nitrogen and oxygen atoms in total. The molecule has 3 aromatic rings. The number of carbonyl (C=O) groups is 1. The van der Waals surface area contributed by atoms with Crippen molar-refractivity contribution >= 4 is 5.91 Å². The first-order chi connectivity index (χ1) is 14.0. The van der Waals surface area contributed by atoms with E-state index in [0.717, 1.165) is 11.1 Å². The zero-order valence-corrected chi connectivity index (χ0v) is 16.5. The van der Waals surface area contributed by atoms with Gasteiger partial charge in [0.05, 0.1) is 12.6 Å². The maximum Gasteiger partial charge on any atom is 0.270 e. The Labute approximate surface area is 170 Å². The molecule has 0 aliphatic carbocycles. The number of nitrogens with one attached hydrogen (secondary N) is 1. The van der Waals surface area contributed by atoms with E-state index in [9.17, 15) is 4.79 Å². The molecule has 1 aliphatic heterocycles. The van der Waals surface area contributed by atoms with E-state index < -0.39 is 17.4 Å².